The van der Waals surface area contributed by atoms with E-state index < -0.39 is 23.7 Å². The van der Waals surface area contributed by atoms with Gasteiger partial charge in [0.25, 0.3) is 11.8 Å². The van der Waals surface area contributed by atoms with Gasteiger partial charge in [-0.2, -0.15) is 0 Å². The lowest BCUT2D eigenvalue weighted by molar-refractivity contribution is -0.128. The number of carbonyl (C=O) groups excluding carboxylic acids is 2. The third-order valence-electron chi connectivity index (χ3n) is 2.87. The van der Waals surface area contributed by atoms with Crippen LogP contribution >= 0.6 is 23.2 Å². The van der Waals surface area contributed by atoms with Gasteiger partial charge in [0.1, 0.15) is 5.15 Å². The Bertz CT molecular complexity index is 773. The molecule has 0 fully saturated rings. The number of pyridine rings is 1. The second-order valence-electron chi connectivity index (χ2n) is 4.63. The molecule has 0 bridgehead atoms. The highest BCUT2D eigenvalue weighted by Crippen LogP contribution is 2.19. The number of para-hydroxylation sites is 1. The van der Waals surface area contributed by atoms with Crippen LogP contribution in [-0.2, 0) is 4.79 Å². The monoisotopic (exact) mass is 371 g/mol. The molecule has 0 saturated carbocycles. The van der Waals surface area contributed by atoms with Crippen LogP contribution in [0, 0.1) is 5.82 Å². The third kappa shape index (κ3) is 4.56. The maximum atomic E-state index is 13.5. The molecular formula is C15H12Cl2FN3O3. The van der Waals surface area contributed by atoms with Crippen LogP contribution in [0.25, 0.3) is 0 Å². The van der Waals surface area contributed by atoms with Crippen molar-refractivity contribution in [1.29, 1.82) is 0 Å². The van der Waals surface area contributed by atoms with Crippen LogP contribution in [0.5, 0.6) is 5.75 Å². The summed E-state index contributed by atoms with van der Waals surface area (Å²) < 4.78 is 18.7. The van der Waals surface area contributed by atoms with Crippen molar-refractivity contribution in [3.63, 3.8) is 0 Å². The SMILES string of the molecule is C[C@H](Oc1ccccc1F)C(=O)NNC(=O)c1cnc(Cl)c(Cl)c1. The van der Waals surface area contributed by atoms with Crippen molar-refractivity contribution >= 4 is 35.0 Å². The van der Waals surface area contributed by atoms with Gasteiger partial charge in [0.2, 0.25) is 0 Å². The summed E-state index contributed by atoms with van der Waals surface area (Å²) in [7, 11) is 0. The number of nitrogens with one attached hydrogen (secondary N) is 2. The van der Waals surface area contributed by atoms with E-state index in [4.69, 9.17) is 27.9 Å². The standard InChI is InChI=1S/C15H12Cl2FN3O3/c1-8(24-12-5-3-2-4-11(12)18)14(22)20-21-15(23)9-6-10(16)13(17)19-7-9/h2-8H,1H3,(H,20,22)(H,21,23)/t8-/m0/s1. The van der Waals surface area contributed by atoms with Crippen molar-refractivity contribution in [2.45, 2.75) is 13.0 Å². The first-order valence-electron chi connectivity index (χ1n) is 6.71. The fourth-order valence-corrected chi connectivity index (χ4v) is 1.89. The van der Waals surface area contributed by atoms with Gasteiger partial charge in [-0.05, 0) is 25.1 Å². The quantitative estimate of drug-likeness (QED) is 0.639. The minimum Gasteiger partial charge on any atom is -0.478 e. The van der Waals surface area contributed by atoms with E-state index in [0.29, 0.717) is 0 Å². The molecule has 0 radical (unpaired) electrons. The number of carbonyl (C=O) groups is 2. The molecule has 0 aliphatic heterocycles. The maximum absolute atomic E-state index is 13.5. The molecule has 6 nitrogen and oxygen atoms in total. The molecule has 2 N–H and O–H groups in total. The van der Waals surface area contributed by atoms with Gasteiger partial charge in [0.05, 0.1) is 10.6 Å². The van der Waals surface area contributed by atoms with Crippen LogP contribution in [-0.4, -0.2) is 22.9 Å². The highest BCUT2D eigenvalue weighted by Gasteiger charge is 2.17. The summed E-state index contributed by atoms with van der Waals surface area (Å²) >= 11 is 11.4. The zero-order valence-electron chi connectivity index (χ0n) is 12.3. The fourth-order valence-electron chi connectivity index (χ4n) is 1.62. The molecule has 1 atom stereocenters. The highest BCUT2D eigenvalue weighted by atomic mass is 35.5. The topological polar surface area (TPSA) is 80.3 Å². The molecule has 0 aliphatic carbocycles. The Labute approximate surface area is 146 Å². The highest BCUT2D eigenvalue weighted by molar-refractivity contribution is 6.41. The van der Waals surface area contributed by atoms with Gasteiger partial charge in [-0.25, -0.2) is 9.37 Å². The first-order valence-corrected chi connectivity index (χ1v) is 7.46. The van der Waals surface area contributed by atoms with Crippen molar-refractivity contribution in [2.75, 3.05) is 0 Å². The lowest BCUT2D eigenvalue weighted by Crippen LogP contribution is -2.47. The minimum atomic E-state index is -1.03. The Kier molecular flexibility index (Phi) is 5.94. The van der Waals surface area contributed by atoms with E-state index in [9.17, 15) is 14.0 Å². The normalized spacial score (nSPS) is 11.5. The first-order chi connectivity index (χ1) is 11.4. The van der Waals surface area contributed by atoms with E-state index in [1.165, 1.54) is 37.4 Å². The second kappa shape index (κ2) is 7.94. The molecule has 24 heavy (non-hydrogen) atoms. The van der Waals surface area contributed by atoms with Crippen LogP contribution in [0.15, 0.2) is 36.5 Å². The summed E-state index contributed by atoms with van der Waals surface area (Å²) in [6.45, 7) is 1.41. The van der Waals surface area contributed by atoms with E-state index in [1.807, 2.05) is 0 Å². The molecule has 1 heterocycles. The van der Waals surface area contributed by atoms with Crippen LogP contribution in [0.2, 0.25) is 10.2 Å². The largest absolute Gasteiger partial charge is 0.478 e. The predicted octanol–water partition coefficient (Wildman–Crippen LogP) is 2.76. The van der Waals surface area contributed by atoms with Crippen LogP contribution in [0.3, 0.4) is 0 Å². The number of halogens is 3. The number of hydrogen-bond acceptors (Lipinski definition) is 4. The minimum absolute atomic E-state index is 0.0594. The maximum Gasteiger partial charge on any atom is 0.279 e. The Morgan fingerprint density at radius 1 is 1.25 bits per heavy atom. The molecule has 1 aromatic carbocycles. The van der Waals surface area contributed by atoms with E-state index >= 15 is 0 Å². The summed E-state index contributed by atoms with van der Waals surface area (Å²) in [5.41, 5.74) is 4.44. The Hall–Kier alpha value is -2.38. The summed E-state index contributed by atoms with van der Waals surface area (Å²) in [6.07, 6.45) is 0.170. The van der Waals surface area contributed by atoms with E-state index in [2.05, 4.69) is 15.8 Å². The number of nitrogens with zero attached hydrogens (tertiary/aromatic N) is 1. The number of hydrogen-bond donors (Lipinski definition) is 2. The van der Waals surface area contributed by atoms with Crippen molar-refractivity contribution in [2.24, 2.45) is 0 Å². The second-order valence-corrected chi connectivity index (χ2v) is 5.40. The van der Waals surface area contributed by atoms with Gasteiger partial charge >= 0.3 is 0 Å². The zero-order chi connectivity index (χ0) is 17.7. The van der Waals surface area contributed by atoms with Gasteiger partial charge in [0, 0.05) is 6.20 Å². The van der Waals surface area contributed by atoms with Gasteiger partial charge < -0.3 is 4.74 Å². The molecule has 2 amide bonds. The number of benzene rings is 1. The van der Waals surface area contributed by atoms with Crippen LogP contribution < -0.4 is 15.6 Å². The third-order valence-corrected chi connectivity index (χ3v) is 3.55. The average molecular weight is 372 g/mol. The smallest absolute Gasteiger partial charge is 0.279 e. The number of ether oxygens (including phenoxy) is 1. The fraction of sp³-hybridized carbons (Fsp3) is 0.133. The predicted molar refractivity (Wildman–Crippen MR) is 86.4 cm³/mol. The Balaban J connectivity index is 1.91. The van der Waals surface area contributed by atoms with Crippen molar-refractivity contribution in [3.8, 4) is 5.75 Å². The van der Waals surface area contributed by atoms with Crippen LogP contribution in [0.1, 0.15) is 17.3 Å². The Morgan fingerprint density at radius 2 is 1.96 bits per heavy atom. The lowest BCUT2D eigenvalue weighted by atomic mass is 10.3. The van der Waals surface area contributed by atoms with Crippen molar-refractivity contribution in [1.82, 2.24) is 15.8 Å². The summed E-state index contributed by atoms with van der Waals surface area (Å²) in [6, 6.07) is 6.97. The lowest BCUT2D eigenvalue weighted by Gasteiger charge is -2.15. The number of rotatable bonds is 4. The summed E-state index contributed by atoms with van der Waals surface area (Å²) in [5.74, 6) is -1.98. The summed E-state index contributed by atoms with van der Waals surface area (Å²) in [4.78, 5) is 27.5. The van der Waals surface area contributed by atoms with Crippen molar-refractivity contribution < 1.29 is 18.7 Å². The zero-order valence-corrected chi connectivity index (χ0v) is 13.9. The van der Waals surface area contributed by atoms with E-state index in [-0.39, 0.29) is 21.5 Å². The number of hydrazine groups is 1. The average Bonchev–Trinajstić information content (AvgIpc) is 2.56. The van der Waals surface area contributed by atoms with Gasteiger partial charge in [-0.15, -0.1) is 0 Å². The van der Waals surface area contributed by atoms with Gasteiger partial charge in [0.15, 0.2) is 17.7 Å². The van der Waals surface area contributed by atoms with E-state index in [0.717, 1.165) is 0 Å². The molecule has 2 rings (SSSR count). The molecule has 2 aromatic rings. The molecule has 0 saturated heterocycles. The molecule has 0 aliphatic rings. The van der Waals surface area contributed by atoms with Gasteiger partial charge in [-0.3, -0.25) is 20.4 Å². The molecule has 126 valence electrons. The molecule has 0 unspecified atom stereocenters. The van der Waals surface area contributed by atoms with E-state index in [1.54, 1.807) is 6.07 Å². The first kappa shape index (κ1) is 18.0. The summed E-state index contributed by atoms with van der Waals surface area (Å²) in [5, 5.41) is 0.163. The number of amides is 2. The molecule has 9 heteroatoms. The van der Waals surface area contributed by atoms with Crippen LogP contribution in [0.4, 0.5) is 4.39 Å². The Morgan fingerprint density at radius 3 is 2.62 bits per heavy atom. The molecular weight excluding hydrogens is 360 g/mol. The number of aromatic nitrogens is 1. The van der Waals surface area contributed by atoms with Gasteiger partial charge in [-0.1, -0.05) is 35.3 Å². The molecule has 1 aromatic heterocycles. The molecule has 0 spiro atoms. The van der Waals surface area contributed by atoms with Crippen molar-refractivity contribution in [3.05, 3.63) is 58.1 Å².